The summed E-state index contributed by atoms with van der Waals surface area (Å²) in [5.74, 6) is 0.715. The van der Waals surface area contributed by atoms with Crippen LogP contribution in [0.3, 0.4) is 0 Å². The molecule has 0 N–H and O–H groups in total. The number of pyridine rings is 2. The Morgan fingerprint density at radius 2 is 2.00 bits per heavy atom. The van der Waals surface area contributed by atoms with E-state index in [0.29, 0.717) is 33.3 Å². The number of para-hydroxylation sites is 1. The maximum Gasteiger partial charge on any atom is 0.198 e. The molecular formula is C19H14ClFN4O. The molecule has 0 spiro atoms. The molecule has 5 nitrogen and oxygen atoms in total. The van der Waals surface area contributed by atoms with Gasteiger partial charge in [-0.15, -0.1) is 5.10 Å². The number of hydrogen-bond acceptors (Lipinski definition) is 4. The van der Waals surface area contributed by atoms with Crippen molar-refractivity contribution in [3.63, 3.8) is 0 Å². The molecule has 0 atom stereocenters. The molecule has 4 aromatic rings. The minimum Gasteiger partial charge on any atom is -0.493 e. The van der Waals surface area contributed by atoms with Gasteiger partial charge >= 0.3 is 0 Å². The Kier molecular flexibility index (Phi) is 4.05. The Hall–Kier alpha value is -2.99. The highest BCUT2D eigenvalue weighted by Crippen LogP contribution is 2.26. The van der Waals surface area contributed by atoms with Gasteiger partial charge in [0.1, 0.15) is 11.3 Å². The van der Waals surface area contributed by atoms with Gasteiger partial charge in [0.2, 0.25) is 0 Å². The van der Waals surface area contributed by atoms with Crippen molar-refractivity contribution in [2.75, 3.05) is 7.11 Å². The highest BCUT2D eigenvalue weighted by Gasteiger charge is 2.10. The van der Waals surface area contributed by atoms with Gasteiger partial charge in [-0.05, 0) is 43.3 Å². The van der Waals surface area contributed by atoms with Crippen molar-refractivity contribution in [2.24, 2.45) is 0 Å². The standard InChI is InChI=1S/C19H14ClFN4O/c1-11-6-8-16(26-2)19-23-17(24-25(11)19)9-7-12-10-14(20)13-4-3-5-15(21)18(13)22-12/h3-10H,1-2H3. The maximum absolute atomic E-state index is 14.0. The first-order chi connectivity index (χ1) is 12.6. The van der Waals surface area contributed by atoms with Gasteiger partial charge in [-0.2, -0.15) is 0 Å². The Labute approximate surface area is 153 Å². The monoisotopic (exact) mass is 368 g/mol. The quantitative estimate of drug-likeness (QED) is 0.532. The van der Waals surface area contributed by atoms with Crippen LogP contribution in [0.5, 0.6) is 5.75 Å². The maximum atomic E-state index is 14.0. The van der Waals surface area contributed by atoms with Crippen LogP contribution in [-0.4, -0.2) is 26.7 Å². The molecule has 0 amide bonds. The summed E-state index contributed by atoms with van der Waals surface area (Å²) < 4.78 is 21.0. The van der Waals surface area contributed by atoms with Crippen LogP contribution in [0, 0.1) is 12.7 Å². The number of fused-ring (bicyclic) bond motifs is 2. The van der Waals surface area contributed by atoms with E-state index in [0.717, 1.165) is 5.69 Å². The van der Waals surface area contributed by atoms with Crippen LogP contribution in [0.25, 0.3) is 28.7 Å². The molecule has 0 aliphatic rings. The normalized spacial score (nSPS) is 11.7. The summed E-state index contributed by atoms with van der Waals surface area (Å²) >= 11 is 6.25. The molecule has 4 rings (SSSR count). The SMILES string of the molecule is COc1ccc(C)n2nc(C=Cc3cc(Cl)c4cccc(F)c4n3)nc12. The third-order valence-corrected chi connectivity index (χ3v) is 4.35. The van der Waals surface area contributed by atoms with E-state index in [9.17, 15) is 4.39 Å². The smallest absolute Gasteiger partial charge is 0.198 e. The first kappa shape index (κ1) is 16.5. The summed E-state index contributed by atoms with van der Waals surface area (Å²) in [6.07, 6.45) is 3.41. The molecule has 0 aliphatic heterocycles. The molecule has 3 aromatic heterocycles. The number of aromatic nitrogens is 4. The van der Waals surface area contributed by atoms with E-state index in [1.54, 1.807) is 42.0 Å². The van der Waals surface area contributed by atoms with E-state index >= 15 is 0 Å². The highest BCUT2D eigenvalue weighted by molar-refractivity contribution is 6.35. The molecule has 3 heterocycles. The lowest BCUT2D eigenvalue weighted by molar-refractivity contribution is 0.416. The van der Waals surface area contributed by atoms with Gasteiger partial charge in [-0.3, -0.25) is 0 Å². The number of methoxy groups -OCH3 is 1. The topological polar surface area (TPSA) is 52.3 Å². The molecule has 0 radical (unpaired) electrons. The van der Waals surface area contributed by atoms with Gasteiger partial charge in [-0.1, -0.05) is 23.7 Å². The molecule has 1 aromatic carbocycles. The van der Waals surface area contributed by atoms with Crippen molar-refractivity contribution in [3.05, 3.63) is 64.5 Å². The van der Waals surface area contributed by atoms with Crippen molar-refractivity contribution >= 4 is 40.3 Å². The van der Waals surface area contributed by atoms with Crippen molar-refractivity contribution in [3.8, 4) is 5.75 Å². The second kappa shape index (κ2) is 6.38. The van der Waals surface area contributed by atoms with Crippen molar-refractivity contribution in [1.82, 2.24) is 19.6 Å². The van der Waals surface area contributed by atoms with Crippen LogP contribution >= 0.6 is 11.6 Å². The molecule has 0 saturated heterocycles. The van der Waals surface area contributed by atoms with E-state index < -0.39 is 5.82 Å². The minimum atomic E-state index is -0.411. The second-order valence-electron chi connectivity index (χ2n) is 5.75. The summed E-state index contributed by atoms with van der Waals surface area (Å²) in [5.41, 5.74) is 2.32. The van der Waals surface area contributed by atoms with Gasteiger partial charge in [0.25, 0.3) is 0 Å². The Morgan fingerprint density at radius 1 is 1.15 bits per heavy atom. The van der Waals surface area contributed by atoms with E-state index in [1.807, 2.05) is 19.1 Å². The largest absolute Gasteiger partial charge is 0.493 e. The van der Waals surface area contributed by atoms with Gasteiger partial charge in [0.05, 0.1) is 17.8 Å². The lowest BCUT2D eigenvalue weighted by Gasteiger charge is -2.02. The molecule has 0 fully saturated rings. The van der Waals surface area contributed by atoms with Gasteiger partial charge in [-0.25, -0.2) is 18.9 Å². The van der Waals surface area contributed by atoms with Gasteiger partial charge in [0.15, 0.2) is 17.2 Å². The Bertz CT molecular complexity index is 1170. The summed E-state index contributed by atoms with van der Waals surface area (Å²) in [4.78, 5) is 8.79. The zero-order valence-electron chi connectivity index (χ0n) is 14.1. The molecule has 0 unspecified atom stereocenters. The fourth-order valence-corrected chi connectivity index (χ4v) is 3.01. The summed E-state index contributed by atoms with van der Waals surface area (Å²) in [6, 6.07) is 10.1. The van der Waals surface area contributed by atoms with Crippen LogP contribution in [-0.2, 0) is 0 Å². The number of benzene rings is 1. The molecule has 0 aliphatic carbocycles. The van der Waals surface area contributed by atoms with Crippen LogP contribution in [0.15, 0.2) is 36.4 Å². The summed E-state index contributed by atoms with van der Waals surface area (Å²) in [6.45, 7) is 1.93. The average Bonchev–Trinajstić information content (AvgIpc) is 3.06. The van der Waals surface area contributed by atoms with E-state index in [-0.39, 0.29) is 5.52 Å². The molecule has 0 bridgehead atoms. The zero-order chi connectivity index (χ0) is 18.3. The van der Waals surface area contributed by atoms with Gasteiger partial charge < -0.3 is 4.74 Å². The first-order valence-corrected chi connectivity index (χ1v) is 8.28. The molecule has 0 saturated carbocycles. The fourth-order valence-electron chi connectivity index (χ4n) is 2.74. The number of hydrogen-bond donors (Lipinski definition) is 0. The van der Waals surface area contributed by atoms with Crippen molar-refractivity contribution in [2.45, 2.75) is 6.92 Å². The second-order valence-corrected chi connectivity index (χ2v) is 6.15. The molecule has 130 valence electrons. The van der Waals surface area contributed by atoms with Gasteiger partial charge in [0, 0.05) is 11.1 Å². The number of halogens is 2. The lowest BCUT2D eigenvalue weighted by atomic mass is 10.2. The van der Waals surface area contributed by atoms with E-state index in [1.165, 1.54) is 6.07 Å². The molecular weight excluding hydrogens is 355 g/mol. The first-order valence-electron chi connectivity index (χ1n) is 7.90. The summed E-state index contributed by atoms with van der Waals surface area (Å²) in [7, 11) is 1.59. The third kappa shape index (κ3) is 2.78. The van der Waals surface area contributed by atoms with E-state index in [4.69, 9.17) is 16.3 Å². The minimum absolute atomic E-state index is 0.236. The van der Waals surface area contributed by atoms with E-state index in [2.05, 4.69) is 15.1 Å². The number of nitrogens with zero attached hydrogens (tertiary/aromatic N) is 4. The molecule has 7 heteroatoms. The predicted molar refractivity (Wildman–Crippen MR) is 99.9 cm³/mol. The number of aryl methyl sites for hydroxylation is 1. The fraction of sp³-hybridized carbons (Fsp3) is 0.105. The Morgan fingerprint density at radius 3 is 2.81 bits per heavy atom. The van der Waals surface area contributed by atoms with Crippen LogP contribution in [0.4, 0.5) is 4.39 Å². The predicted octanol–water partition coefficient (Wildman–Crippen LogP) is 4.56. The van der Waals surface area contributed by atoms with Crippen LogP contribution < -0.4 is 4.74 Å². The van der Waals surface area contributed by atoms with Crippen LogP contribution in [0.2, 0.25) is 5.02 Å². The average molecular weight is 369 g/mol. The zero-order valence-corrected chi connectivity index (χ0v) is 14.8. The van der Waals surface area contributed by atoms with Crippen molar-refractivity contribution < 1.29 is 9.13 Å². The molecule has 26 heavy (non-hydrogen) atoms. The lowest BCUT2D eigenvalue weighted by Crippen LogP contribution is -1.95. The number of rotatable bonds is 3. The van der Waals surface area contributed by atoms with Crippen molar-refractivity contribution in [1.29, 1.82) is 0 Å². The number of ether oxygens (including phenoxy) is 1. The Balaban J connectivity index is 1.77. The summed E-state index contributed by atoms with van der Waals surface area (Å²) in [5, 5.41) is 5.46. The third-order valence-electron chi connectivity index (χ3n) is 4.04. The highest BCUT2D eigenvalue weighted by atomic mass is 35.5. The van der Waals surface area contributed by atoms with Crippen LogP contribution in [0.1, 0.15) is 17.2 Å².